The first-order valence-electron chi connectivity index (χ1n) is 7.30. The zero-order valence-corrected chi connectivity index (χ0v) is 14.5. The molecule has 0 saturated heterocycles. The second-order valence-electron chi connectivity index (χ2n) is 4.86. The molecular weight excluding hydrogens is 372 g/mol. The lowest BCUT2D eigenvalue weighted by Crippen LogP contribution is -2.48. The minimum atomic E-state index is -1.27. The molecule has 0 spiro atoms. The smallest absolute Gasteiger partial charge is 0.327 e. The fourth-order valence-electron chi connectivity index (χ4n) is 1.40. The molecule has 0 aromatic carbocycles. The van der Waals surface area contributed by atoms with Crippen LogP contribution in [0.1, 0.15) is 12.8 Å². The van der Waals surface area contributed by atoms with Crippen molar-refractivity contribution >= 4 is 48.2 Å². The number of amides is 4. The van der Waals surface area contributed by atoms with Crippen LogP contribution in [0.3, 0.4) is 0 Å². The monoisotopic (exact) mass is 392 g/mol. The van der Waals surface area contributed by atoms with Crippen molar-refractivity contribution in [2.75, 3.05) is 25.4 Å². The van der Waals surface area contributed by atoms with Gasteiger partial charge >= 0.3 is 11.9 Å². The van der Waals surface area contributed by atoms with E-state index < -0.39 is 61.2 Å². The van der Waals surface area contributed by atoms with Gasteiger partial charge in [-0.1, -0.05) is 0 Å². The molecule has 0 rings (SSSR count). The van der Waals surface area contributed by atoms with Gasteiger partial charge < -0.3 is 31.5 Å². The van der Waals surface area contributed by atoms with Crippen LogP contribution < -0.4 is 21.3 Å². The Morgan fingerprint density at radius 1 is 0.731 bits per heavy atom. The van der Waals surface area contributed by atoms with E-state index >= 15 is 0 Å². The number of carboxylic acid groups (broad SMARTS) is 2. The first-order chi connectivity index (χ1) is 12.1. The Labute approximate surface area is 153 Å². The van der Waals surface area contributed by atoms with Gasteiger partial charge in [0, 0.05) is 12.2 Å². The molecule has 6 N–H and O–H groups in total. The highest BCUT2D eigenvalue weighted by molar-refractivity contribution is 7.80. The Balaban J connectivity index is 3.95. The molecule has 0 fully saturated rings. The highest BCUT2D eigenvalue weighted by Crippen LogP contribution is 1.88. The summed E-state index contributed by atoms with van der Waals surface area (Å²) in [5.41, 5.74) is 0. The molecule has 0 saturated carbocycles. The van der Waals surface area contributed by atoms with Crippen molar-refractivity contribution in [3.8, 4) is 0 Å². The van der Waals surface area contributed by atoms with Gasteiger partial charge in [-0.25, -0.2) is 4.79 Å². The van der Waals surface area contributed by atoms with E-state index in [1.54, 1.807) is 0 Å². The van der Waals surface area contributed by atoms with Crippen LogP contribution in [-0.4, -0.2) is 77.2 Å². The molecule has 0 aliphatic heterocycles. The normalized spacial score (nSPS) is 11.0. The number of aliphatic carboxylic acids is 2. The first-order valence-corrected chi connectivity index (χ1v) is 7.93. The average Bonchev–Trinajstić information content (AvgIpc) is 2.58. The van der Waals surface area contributed by atoms with Gasteiger partial charge in [0.2, 0.25) is 23.6 Å². The standard InChI is InChI=1S/C13H20N4O8S/c18-8(1-2-12(22)23)14-3-9(19)15-4-10(20)16-5-11(21)17-7(6-26)13(24)25/h7,26H,1-6H2,(H,14,18)(H,15,19)(H,16,20)(H,17,21)(H,22,23)(H,24,25). The molecule has 0 aliphatic rings. The summed E-state index contributed by atoms with van der Waals surface area (Å²) < 4.78 is 0. The van der Waals surface area contributed by atoms with Crippen molar-refractivity contribution in [1.82, 2.24) is 21.3 Å². The van der Waals surface area contributed by atoms with Crippen molar-refractivity contribution in [1.29, 1.82) is 0 Å². The minimum Gasteiger partial charge on any atom is -0.481 e. The van der Waals surface area contributed by atoms with Gasteiger partial charge in [-0.2, -0.15) is 12.6 Å². The topological polar surface area (TPSA) is 191 Å². The lowest BCUT2D eigenvalue weighted by Gasteiger charge is -2.12. The van der Waals surface area contributed by atoms with E-state index in [1.807, 2.05) is 0 Å². The van der Waals surface area contributed by atoms with Gasteiger partial charge in [-0.15, -0.1) is 0 Å². The van der Waals surface area contributed by atoms with E-state index in [0.29, 0.717) is 0 Å². The third-order valence-corrected chi connectivity index (χ3v) is 3.09. The maximum Gasteiger partial charge on any atom is 0.327 e. The molecule has 0 aliphatic carbocycles. The number of hydrogen-bond donors (Lipinski definition) is 7. The summed E-state index contributed by atoms with van der Waals surface area (Å²) in [5.74, 6) is -5.29. The van der Waals surface area contributed by atoms with Crippen LogP contribution in [0.15, 0.2) is 0 Å². The van der Waals surface area contributed by atoms with E-state index in [2.05, 4.69) is 33.9 Å². The molecule has 0 heterocycles. The van der Waals surface area contributed by atoms with E-state index in [9.17, 15) is 28.8 Å². The molecule has 1 unspecified atom stereocenters. The fraction of sp³-hybridized carbons (Fsp3) is 0.538. The fourth-order valence-corrected chi connectivity index (χ4v) is 1.65. The number of nitrogens with one attached hydrogen (secondary N) is 4. The molecule has 13 heteroatoms. The highest BCUT2D eigenvalue weighted by Gasteiger charge is 2.18. The predicted molar refractivity (Wildman–Crippen MR) is 89.3 cm³/mol. The largest absolute Gasteiger partial charge is 0.481 e. The predicted octanol–water partition coefficient (Wildman–Crippen LogP) is -3.30. The highest BCUT2D eigenvalue weighted by atomic mass is 32.1. The zero-order valence-electron chi connectivity index (χ0n) is 13.6. The third kappa shape index (κ3) is 11.7. The van der Waals surface area contributed by atoms with Gasteiger partial charge in [0.15, 0.2) is 0 Å². The van der Waals surface area contributed by atoms with Gasteiger partial charge in [-0.3, -0.25) is 24.0 Å². The number of carboxylic acids is 2. The van der Waals surface area contributed by atoms with Crippen LogP contribution in [0.5, 0.6) is 0 Å². The van der Waals surface area contributed by atoms with Crippen molar-refractivity contribution in [2.45, 2.75) is 18.9 Å². The van der Waals surface area contributed by atoms with Crippen LogP contribution in [0.4, 0.5) is 0 Å². The second kappa shape index (κ2) is 12.5. The summed E-state index contributed by atoms with van der Waals surface area (Å²) in [6.07, 6.45) is -0.643. The Kier molecular flexibility index (Phi) is 11.2. The molecule has 0 bridgehead atoms. The van der Waals surface area contributed by atoms with Gasteiger partial charge in [-0.05, 0) is 0 Å². The summed E-state index contributed by atoms with van der Waals surface area (Å²) in [6, 6.07) is -1.19. The SMILES string of the molecule is O=C(O)CCC(=O)NCC(=O)NCC(=O)NCC(=O)NC(CS)C(=O)O. The molecule has 12 nitrogen and oxygen atoms in total. The third-order valence-electron chi connectivity index (χ3n) is 2.72. The lowest BCUT2D eigenvalue weighted by atomic mass is 10.3. The molecule has 146 valence electrons. The molecular formula is C13H20N4O8S. The minimum absolute atomic E-state index is 0.122. The maximum absolute atomic E-state index is 11.5. The Morgan fingerprint density at radius 3 is 1.62 bits per heavy atom. The Bertz CT molecular complexity index is 568. The van der Waals surface area contributed by atoms with E-state index in [-0.39, 0.29) is 18.6 Å². The molecule has 1 atom stereocenters. The van der Waals surface area contributed by atoms with Crippen LogP contribution in [0, 0.1) is 0 Å². The van der Waals surface area contributed by atoms with Crippen molar-refractivity contribution < 1.29 is 39.0 Å². The molecule has 0 aromatic heterocycles. The van der Waals surface area contributed by atoms with E-state index in [0.717, 1.165) is 0 Å². The number of hydrogen-bond acceptors (Lipinski definition) is 7. The number of carbonyl (C=O) groups is 6. The van der Waals surface area contributed by atoms with Crippen LogP contribution in [-0.2, 0) is 28.8 Å². The van der Waals surface area contributed by atoms with Gasteiger partial charge in [0.25, 0.3) is 0 Å². The summed E-state index contributed by atoms with van der Waals surface area (Å²) in [6.45, 7) is -1.39. The quantitative estimate of drug-likeness (QED) is 0.168. The molecule has 0 radical (unpaired) electrons. The lowest BCUT2D eigenvalue weighted by molar-refractivity contribution is -0.141. The Hall–Kier alpha value is -2.83. The summed E-state index contributed by atoms with van der Waals surface area (Å²) in [7, 11) is 0. The van der Waals surface area contributed by atoms with Crippen molar-refractivity contribution in [3.05, 3.63) is 0 Å². The molecule has 26 heavy (non-hydrogen) atoms. The number of carbonyl (C=O) groups excluding carboxylic acids is 4. The number of thiol groups is 1. The van der Waals surface area contributed by atoms with Crippen molar-refractivity contribution in [3.63, 3.8) is 0 Å². The maximum atomic E-state index is 11.5. The van der Waals surface area contributed by atoms with E-state index in [1.165, 1.54) is 0 Å². The zero-order chi connectivity index (χ0) is 20.1. The summed E-state index contributed by atoms with van der Waals surface area (Å²) in [4.78, 5) is 66.5. The van der Waals surface area contributed by atoms with Crippen LogP contribution >= 0.6 is 12.6 Å². The van der Waals surface area contributed by atoms with Crippen LogP contribution in [0.25, 0.3) is 0 Å². The molecule has 0 aromatic rings. The van der Waals surface area contributed by atoms with Crippen molar-refractivity contribution in [2.24, 2.45) is 0 Å². The van der Waals surface area contributed by atoms with Crippen LogP contribution in [0.2, 0.25) is 0 Å². The number of rotatable bonds is 12. The summed E-state index contributed by atoms with van der Waals surface area (Å²) in [5, 5.41) is 25.8. The summed E-state index contributed by atoms with van der Waals surface area (Å²) >= 11 is 3.76. The Morgan fingerprint density at radius 2 is 1.19 bits per heavy atom. The van der Waals surface area contributed by atoms with Gasteiger partial charge in [0.05, 0.1) is 26.1 Å². The van der Waals surface area contributed by atoms with Gasteiger partial charge in [0.1, 0.15) is 6.04 Å². The second-order valence-corrected chi connectivity index (χ2v) is 5.23. The average molecular weight is 392 g/mol. The molecule has 4 amide bonds. The van der Waals surface area contributed by atoms with E-state index in [4.69, 9.17) is 10.2 Å². The first kappa shape index (κ1) is 23.2.